The first kappa shape index (κ1) is 25.6. The van der Waals surface area contributed by atoms with Crippen molar-refractivity contribution >= 4 is 29.6 Å². The summed E-state index contributed by atoms with van der Waals surface area (Å²) in [6.45, 7) is 2.80. The maximum atomic E-state index is 12.5. The van der Waals surface area contributed by atoms with Crippen molar-refractivity contribution in [1.29, 1.82) is 0 Å². The molecule has 2 amide bonds. The minimum atomic E-state index is -1.07. The second-order valence-electron chi connectivity index (χ2n) is 6.56. The van der Waals surface area contributed by atoms with E-state index < -0.39 is 30.5 Å². The summed E-state index contributed by atoms with van der Waals surface area (Å²) in [7, 11) is 1.12. The normalized spacial score (nSPS) is 10.5. The fraction of sp³-hybridized carbons (Fsp3) is 0.364. The number of hydroxylamine groups is 2. The molecule has 0 heterocycles. The molecule has 0 spiro atoms. The Morgan fingerprint density at radius 3 is 1.85 bits per heavy atom. The number of ether oxygens (including phenoxy) is 3. The van der Waals surface area contributed by atoms with Gasteiger partial charge < -0.3 is 25.1 Å². The molecule has 0 saturated heterocycles. The Bertz CT molecular complexity index is 950. The maximum Gasteiger partial charge on any atom is 0.441 e. The summed E-state index contributed by atoms with van der Waals surface area (Å²) in [6, 6.07) is 6.16. The van der Waals surface area contributed by atoms with Crippen molar-refractivity contribution in [2.45, 2.75) is 20.3 Å². The van der Waals surface area contributed by atoms with E-state index in [4.69, 9.17) is 25.2 Å². The molecule has 11 heteroatoms. The van der Waals surface area contributed by atoms with Gasteiger partial charge in [-0.1, -0.05) is 24.3 Å². The number of anilines is 1. The van der Waals surface area contributed by atoms with Gasteiger partial charge in [-0.05, 0) is 30.5 Å². The molecule has 178 valence electrons. The average molecular weight is 462 g/mol. The van der Waals surface area contributed by atoms with E-state index in [0.29, 0.717) is 21.8 Å². The number of nitrogen functional groups attached to an aromatic ring is 1. The summed E-state index contributed by atoms with van der Waals surface area (Å²) in [4.78, 5) is 54.3. The summed E-state index contributed by atoms with van der Waals surface area (Å²) in [6.07, 6.45) is -1.34. The molecule has 0 unspecified atom stereocenters. The van der Waals surface area contributed by atoms with Crippen LogP contribution in [0.15, 0.2) is 24.3 Å². The zero-order valence-corrected chi connectivity index (χ0v) is 18.6. The predicted octanol–water partition coefficient (Wildman–Crippen LogP) is 1.79. The lowest BCUT2D eigenvalue weighted by atomic mass is 10.1. The van der Waals surface area contributed by atoms with Gasteiger partial charge in [-0.3, -0.25) is 9.63 Å². The maximum absolute atomic E-state index is 12.5. The van der Waals surface area contributed by atoms with Crippen molar-refractivity contribution in [2.24, 2.45) is 0 Å². The largest absolute Gasteiger partial charge is 0.462 e. The minimum absolute atomic E-state index is 0.0227. The highest BCUT2D eigenvalue weighted by Gasteiger charge is 2.31. The lowest BCUT2D eigenvalue weighted by molar-refractivity contribution is -0.165. The van der Waals surface area contributed by atoms with Crippen molar-refractivity contribution in [3.05, 3.63) is 41.0 Å². The SMILES string of the molecule is CCOC(=O)c1c2ccc(CC(=O)N(OC)C(=O)OCCO)ccc-2c(C(=O)OCC)c1N. The molecule has 0 aliphatic heterocycles. The molecule has 2 aliphatic carbocycles. The number of carbonyl (C=O) groups excluding carboxylic acids is 4. The van der Waals surface area contributed by atoms with Gasteiger partial charge in [0.05, 0.1) is 50.2 Å². The third-order valence-electron chi connectivity index (χ3n) is 4.50. The third-order valence-corrected chi connectivity index (χ3v) is 4.50. The Morgan fingerprint density at radius 1 is 0.909 bits per heavy atom. The molecule has 0 atom stereocenters. The molecule has 2 aliphatic rings. The summed E-state index contributed by atoms with van der Waals surface area (Å²) in [5.41, 5.74) is 7.25. The quantitative estimate of drug-likeness (QED) is 0.320. The number of nitrogens with zero attached hydrogens (tertiary/aromatic N) is 1. The van der Waals surface area contributed by atoms with Crippen LogP contribution in [0.2, 0.25) is 0 Å². The highest BCUT2D eigenvalue weighted by molar-refractivity contribution is 6.15. The highest BCUT2D eigenvalue weighted by Crippen LogP contribution is 2.39. The van der Waals surface area contributed by atoms with Crippen molar-refractivity contribution < 1.29 is 43.3 Å². The molecule has 0 aromatic heterocycles. The van der Waals surface area contributed by atoms with E-state index in [9.17, 15) is 19.2 Å². The van der Waals surface area contributed by atoms with Gasteiger partial charge in [0.1, 0.15) is 6.61 Å². The van der Waals surface area contributed by atoms with Crippen LogP contribution in [0.4, 0.5) is 10.5 Å². The van der Waals surface area contributed by atoms with Gasteiger partial charge in [0.2, 0.25) is 0 Å². The first-order valence-corrected chi connectivity index (χ1v) is 10.1. The van der Waals surface area contributed by atoms with E-state index in [1.807, 2.05) is 0 Å². The number of amides is 2. The van der Waals surface area contributed by atoms with E-state index in [1.54, 1.807) is 26.0 Å². The van der Waals surface area contributed by atoms with Gasteiger partial charge in [-0.25, -0.2) is 14.4 Å². The van der Waals surface area contributed by atoms with Crippen LogP contribution < -0.4 is 5.73 Å². The number of fused-ring (bicyclic) bond motifs is 1. The summed E-state index contributed by atoms with van der Waals surface area (Å²) in [5, 5.41) is 9.18. The average Bonchev–Trinajstić information content (AvgIpc) is 2.91. The molecular formula is C22H26N2O9. The Hall–Kier alpha value is -3.70. The van der Waals surface area contributed by atoms with Crippen molar-refractivity contribution in [3.8, 4) is 11.1 Å². The Morgan fingerprint density at radius 2 is 1.42 bits per heavy atom. The van der Waals surface area contributed by atoms with Gasteiger partial charge in [0.15, 0.2) is 0 Å². The Balaban J connectivity index is 2.47. The first-order valence-electron chi connectivity index (χ1n) is 10.1. The predicted molar refractivity (Wildman–Crippen MR) is 115 cm³/mol. The van der Waals surface area contributed by atoms with E-state index in [1.165, 1.54) is 12.1 Å². The standard InChI is InChI=1S/C22H26N2O9/c1-4-31-20(27)17-14-8-6-13(12-16(26)24(30-3)22(29)33-11-10-25)7-9-15(14)18(19(17)23)21(28)32-5-2/h6-9,25H,4-5,10-12,23H2,1-3H3. The summed E-state index contributed by atoms with van der Waals surface area (Å²) < 4.78 is 14.9. The van der Waals surface area contributed by atoms with Crippen LogP contribution in [0.5, 0.6) is 0 Å². The number of carbonyl (C=O) groups is 4. The van der Waals surface area contributed by atoms with Crippen LogP contribution in [0.1, 0.15) is 40.1 Å². The van der Waals surface area contributed by atoms with Crippen LogP contribution in [-0.2, 0) is 30.3 Å². The third kappa shape index (κ3) is 5.76. The molecular weight excluding hydrogens is 436 g/mol. The number of hydrogen-bond acceptors (Lipinski definition) is 10. The van der Waals surface area contributed by atoms with E-state index >= 15 is 0 Å². The topological polar surface area (TPSA) is 155 Å². The highest BCUT2D eigenvalue weighted by atomic mass is 16.7. The van der Waals surface area contributed by atoms with E-state index in [0.717, 1.165) is 7.11 Å². The fourth-order valence-electron chi connectivity index (χ4n) is 3.15. The molecule has 33 heavy (non-hydrogen) atoms. The Kier molecular flexibility index (Phi) is 9.13. The molecule has 3 N–H and O–H groups in total. The zero-order valence-electron chi connectivity index (χ0n) is 18.6. The Labute approximate surface area is 190 Å². The number of esters is 2. The van der Waals surface area contributed by atoms with Crippen LogP contribution >= 0.6 is 0 Å². The van der Waals surface area contributed by atoms with Crippen molar-refractivity contribution in [2.75, 3.05) is 39.3 Å². The second-order valence-corrected chi connectivity index (χ2v) is 6.56. The number of aliphatic hydroxyl groups is 1. The molecule has 0 radical (unpaired) electrons. The molecule has 0 aromatic rings. The molecule has 0 saturated carbocycles. The monoisotopic (exact) mass is 462 g/mol. The lowest BCUT2D eigenvalue weighted by Crippen LogP contribution is -2.37. The number of rotatable bonds is 9. The van der Waals surface area contributed by atoms with Gasteiger partial charge >= 0.3 is 18.0 Å². The zero-order chi connectivity index (χ0) is 24.5. The molecule has 2 rings (SSSR count). The molecule has 0 aromatic carbocycles. The molecule has 0 fully saturated rings. The number of hydrogen-bond donors (Lipinski definition) is 2. The molecule has 0 bridgehead atoms. The van der Waals surface area contributed by atoms with Crippen LogP contribution in [-0.4, -0.2) is 67.6 Å². The van der Waals surface area contributed by atoms with E-state index in [-0.39, 0.29) is 43.1 Å². The van der Waals surface area contributed by atoms with Gasteiger partial charge in [0.25, 0.3) is 5.91 Å². The summed E-state index contributed by atoms with van der Waals surface area (Å²) in [5.74, 6) is -2.13. The van der Waals surface area contributed by atoms with Gasteiger partial charge in [0, 0.05) is 0 Å². The van der Waals surface area contributed by atoms with Gasteiger partial charge in [-0.15, -0.1) is 5.06 Å². The molecule has 11 nitrogen and oxygen atoms in total. The summed E-state index contributed by atoms with van der Waals surface area (Å²) >= 11 is 0. The number of nitrogens with two attached hydrogens (primary N) is 1. The van der Waals surface area contributed by atoms with Crippen molar-refractivity contribution in [1.82, 2.24) is 5.06 Å². The number of aliphatic hydroxyl groups excluding tert-OH is 1. The van der Waals surface area contributed by atoms with E-state index in [2.05, 4.69) is 4.74 Å². The fourth-order valence-corrected chi connectivity index (χ4v) is 3.15. The van der Waals surface area contributed by atoms with Crippen LogP contribution in [0, 0.1) is 0 Å². The van der Waals surface area contributed by atoms with Crippen molar-refractivity contribution in [3.63, 3.8) is 0 Å². The van der Waals surface area contributed by atoms with Crippen LogP contribution in [0.3, 0.4) is 0 Å². The van der Waals surface area contributed by atoms with Gasteiger partial charge in [-0.2, -0.15) is 0 Å². The second kappa shape index (κ2) is 11.8. The first-order chi connectivity index (χ1) is 15.8. The van der Waals surface area contributed by atoms with Crippen LogP contribution in [0.25, 0.3) is 11.1 Å². The smallest absolute Gasteiger partial charge is 0.441 e. The number of imide groups is 1. The lowest BCUT2D eigenvalue weighted by Gasteiger charge is -2.16. The minimum Gasteiger partial charge on any atom is -0.462 e.